The summed E-state index contributed by atoms with van der Waals surface area (Å²) in [7, 11) is 0. The molecule has 2 rings (SSSR count). The summed E-state index contributed by atoms with van der Waals surface area (Å²) in [5.41, 5.74) is 16.3. The van der Waals surface area contributed by atoms with Gasteiger partial charge in [0, 0.05) is 32.2 Å². The first kappa shape index (κ1) is 61.8. The Morgan fingerprint density at radius 1 is 0.676 bits per heavy atom. The quantitative estimate of drug-likeness (QED) is 0.0142. The normalized spacial score (nSPS) is 14.6. The number of carboxylic acid groups (broad SMARTS) is 1. The van der Waals surface area contributed by atoms with Gasteiger partial charge in [-0.15, -0.1) is 0 Å². The van der Waals surface area contributed by atoms with Gasteiger partial charge in [-0.2, -0.15) is 12.6 Å². The summed E-state index contributed by atoms with van der Waals surface area (Å²) in [4.78, 5) is 169. The maximum absolute atomic E-state index is 13.5. The van der Waals surface area contributed by atoms with Crippen LogP contribution < -0.4 is 70.4 Å². The summed E-state index contributed by atoms with van der Waals surface area (Å²) in [6, 6.07) is -3.18. The average Bonchev–Trinajstić information content (AvgIpc) is 3.84. The molecule has 1 aliphatic rings. The van der Waals surface area contributed by atoms with Crippen LogP contribution >= 0.6 is 12.6 Å². The first-order valence-corrected chi connectivity index (χ1v) is 23.3. The Kier molecular flexibility index (Phi) is 26.7. The lowest BCUT2D eigenvalue weighted by Gasteiger charge is -2.28. The zero-order valence-electron chi connectivity index (χ0n) is 40.1. The maximum atomic E-state index is 13.5. The number of nitrogens with one attached hydrogen (secondary N) is 10. The highest BCUT2D eigenvalue weighted by Gasteiger charge is 2.38. The molecule has 74 heavy (non-hydrogen) atoms. The molecule has 408 valence electrons. The number of phenolic OH excluding ortho intramolecular Hbond substituents is 1. The van der Waals surface area contributed by atoms with Crippen LogP contribution in [-0.4, -0.2) is 197 Å². The second kappa shape index (κ2) is 31.9. The van der Waals surface area contributed by atoms with Crippen LogP contribution in [0.2, 0.25) is 0 Å². The van der Waals surface area contributed by atoms with Crippen LogP contribution in [0.4, 0.5) is 0 Å². The molecule has 1 aliphatic heterocycles. The summed E-state index contributed by atoms with van der Waals surface area (Å²) >= 11 is 4.03. The van der Waals surface area contributed by atoms with E-state index < -0.39 is 159 Å². The number of aliphatic carboxylic acids is 1. The second-order valence-electron chi connectivity index (χ2n) is 16.3. The summed E-state index contributed by atoms with van der Waals surface area (Å²) in [5, 5.41) is 52.1. The number of thiol groups is 1. The minimum atomic E-state index is -1.88. The van der Waals surface area contributed by atoms with Gasteiger partial charge in [-0.05, 0) is 43.4 Å². The Morgan fingerprint density at radius 2 is 1.19 bits per heavy atom. The number of guanidine groups is 1. The third kappa shape index (κ3) is 23.3. The predicted molar refractivity (Wildman–Crippen MR) is 259 cm³/mol. The summed E-state index contributed by atoms with van der Waals surface area (Å²) in [5.74, 6) is -12.8. The van der Waals surface area contributed by atoms with Crippen molar-refractivity contribution in [1.82, 2.24) is 58.1 Å². The van der Waals surface area contributed by atoms with Crippen LogP contribution in [0.5, 0.6) is 5.75 Å². The largest absolute Gasteiger partial charge is 0.508 e. The number of rotatable bonds is 31. The van der Waals surface area contributed by atoms with Crippen LogP contribution in [0.15, 0.2) is 29.3 Å². The number of amides is 12. The van der Waals surface area contributed by atoms with Gasteiger partial charge >= 0.3 is 5.97 Å². The van der Waals surface area contributed by atoms with Crippen molar-refractivity contribution in [3.8, 4) is 5.75 Å². The zero-order valence-corrected chi connectivity index (χ0v) is 41.0. The molecule has 0 spiro atoms. The number of primary amides is 1. The lowest BCUT2D eigenvalue weighted by atomic mass is 10.0. The van der Waals surface area contributed by atoms with E-state index >= 15 is 0 Å². The number of benzene rings is 1. The molecule has 0 aliphatic carbocycles. The Labute approximate surface area is 427 Å². The predicted octanol–water partition coefficient (Wildman–Crippen LogP) is -9.11. The van der Waals surface area contributed by atoms with Crippen molar-refractivity contribution in [3.05, 3.63) is 29.8 Å². The van der Waals surface area contributed by atoms with Crippen molar-refractivity contribution in [3.63, 3.8) is 0 Å². The fourth-order valence-corrected chi connectivity index (χ4v) is 7.00. The van der Waals surface area contributed by atoms with Gasteiger partial charge in [-0.25, -0.2) is 0 Å². The third-order valence-corrected chi connectivity index (χ3v) is 10.7. The molecule has 19 N–H and O–H groups in total. The molecule has 0 bridgehead atoms. The number of hydrogen-bond acceptors (Lipinski definition) is 17. The van der Waals surface area contributed by atoms with Crippen molar-refractivity contribution in [2.75, 3.05) is 58.2 Å². The minimum absolute atomic E-state index is 0.0228. The number of nitrogens with zero attached hydrogens (tertiary/aromatic N) is 2. The molecule has 1 saturated heterocycles. The van der Waals surface area contributed by atoms with Crippen molar-refractivity contribution >= 4 is 95.4 Å². The van der Waals surface area contributed by atoms with Crippen LogP contribution in [0.1, 0.15) is 44.6 Å². The number of likely N-dealkylation sites (tertiary alicyclic amines) is 1. The van der Waals surface area contributed by atoms with Crippen molar-refractivity contribution in [1.29, 1.82) is 0 Å². The zero-order chi connectivity index (χ0) is 55.5. The lowest BCUT2D eigenvalue weighted by molar-refractivity contribution is -0.144. The Hall–Kier alpha value is -8.29. The topological polar surface area (TPSA) is 497 Å². The number of aliphatic hydroxyl groups is 1. The molecule has 6 atom stereocenters. The van der Waals surface area contributed by atoms with Gasteiger partial charge < -0.3 is 90.6 Å². The Morgan fingerprint density at radius 3 is 1.70 bits per heavy atom. The highest BCUT2D eigenvalue weighted by molar-refractivity contribution is 7.80. The molecule has 1 aromatic rings. The number of hydrogen-bond donors (Lipinski definition) is 17. The number of phenols is 1. The van der Waals surface area contributed by atoms with Crippen LogP contribution in [0, 0.1) is 0 Å². The Bertz CT molecular complexity index is 2250. The van der Waals surface area contributed by atoms with E-state index in [1.54, 1.807) is 0 Å². The van der Waals surface area contributed by atoms with E-state index in [-0.39, 0.29) is 56.2 Å². The van der Waals surface area contributed by atoms with E-state index in [0.29, 0.717) is 12.0 Å². The first-order chi connectivity index (χ1) is 34.9. The Balaban J connectivity index is 2.13. The highest BCUT2D eigenvalue weighted by Crippen LogP contribution is 2.19. The van der Waals surface area contributed by atoms with Crippen molar-refractivity contribution < 1.29 is 77.6 Å². The van der Waals surface area contributed by atoms with Gasteiger partial charge in [0.1, 0.15) is 42.0 Å². The maximum Gasteiger partial charge on any atom is 0.305 e. The van der Waals surface area contributed by atoms with Gasteiger partial charge in [0.15, 0.2) is 5.96 Å². The molecule has 0 aromatic heterocycles. The molecule has 12 amide bonds. The van der Waals surface area contributed by atoms with E-state index in [1.807, 2.05) is 0 Å². The van der Waals surface area contributed by atoms with Gasteiger partial charge in [-0.1, -0.05) is 12.1 Å². The molecule has 0 unspecified atom stereocenters. The van der Waals surface area contributed by atoms with Crippen LogP contribution in [0.25, 0.3) is 0 Å². The number of aliphatic hydroxyl groups excluding tert-OH is 1. The summed E-state index contributed by atoms with van der Waals surface area (Å²) < 4.78 is 0. The summed E-state index contributed by atoms with van der Waals surface area (Å²) in [6.45, 7) is -3.14. The molecule has 0 saturated carbocycles. The SMILES string of the molecule is CC(=O)NCC(=O)N[C@@H](CS)C(=O)NCC(=O)N[C@@H](Cc1ccc(O)cc1)C(=O)NCC(=O)N[C@@H](CCCN=C(N)N)C(=O)NCC(=O)N[C@@H](CC(=O)O)C(=O)N[C@@H](CO)C(=O)N1CCC[C@H]1C(=O)NCC(N)=O. The van der Waals surface area contributed by atoms with E-state index in [1.165, 1.54) is 31.2 Å². The first-order valence-electron chi connectivity index (χ1n) is 22.6. The number of carbonyl (C=O) groups is 13. The third-order valence-electron chi connectivity index (χ3n) is 10.3. The van der Waals surface area contributed by atoms with Gasteiger partial charge in [-0.3, -0.25) is 67.3 Å². The summed E-state index contributed by atoms with van der Waals surface area (Å²) in [6.07, 6.45) is -0.795. The highest BCUT2D eigenvalue weighted by atomic mass is 32.1. The number of aromatic hydroxyl groups is 1. The molecule has 31 nitrogen and oxygen atoms in total. The molecule has 1 fully saturated rings. The molecular formula is C42H63N15O16S. The minimum Gasteiger partial charge on any atom is -0.508 e. The van der Waals surface area contributed by atoms with E-state index in [4.69, 9.17) is 17.2 Å². The van der Waals surface area contributed by atoms with Gasteiger partial charge in [0.2, 0.25) is 70.9 Å². The fraction of sp³-hybridized carbons (Fsp3) is 0.524. The van der Waals surface area contributed by atoms with E-state index in [9.17, 15) is 77.6 Å². The number of aliphatic imine (C=N–C) groups is 1. The number of nitrogens with two attached hydrogens (primary N) is 3. The standard InChI is InChI=1S/C42H63N15O16S/c1-21(59)47-15-31(62)55-28(20-74)38(70)51-18-33(64)53-25(12-22-6-8-23(60)9-7-22)37(69)50-16-32(63)52-24(4-2-10-46-42(44)45)36(68)49-17-34(65)54-26(13-35(66)67)39(71)56-27(19-58)41(73)57-11-3-5-29(57)40(72)48-14-30(43)61/h6-9,24-29,58,60,74H,2-5,10-20H2,1H3,(H2,43,61)(H,47,59)(H,48,72)(H,49,68)(H,50,69)(H,51,70)(H,52,63)(H,53,64)(H,54,65)(H,55,62)(H,56,71)(H,66,67)(H4,44,45,46)/t24-,25-,26-,27-,28-,29-/m0/s1. The fourth-order valence-electron chi connectivity index (χ4n) is 6.74. The molecule has 1 heterocycles. The molecule has 32 heteroatoms. The molecule has 0 radical (unpaired) electrons. The van der Waals surface area contributed by atoms with Crippen LogP contribution in [-0.2, 0) is 68.7 Å². The van der Waals surface area contributed by atoms with E-state index in [0.717, 1.165) is 4.90 Å². The lowest BCUT2D eigenvalue weighted by Crippen LogP contribution is -2.58. The van der Waals surface area contributed by atoms with Gasteiger partial charge in [0.25, 0.3) is 0 Å². The second-order valence-corrected chi connectivity index (χ2v) is 16.6. The molecule has 1 aromatic carbocycles. The van der Waals surface area contributed by atoms with Gasteiger partial charge in [0.05, 0.1) is 45.8 Å². The smallest absolute Gasteiger partial charge is 0.305 e. The number of carbonyl (C=O) groups excluding carboxylic acids is 12. The monoisotopic (exact) mass is 1070 g/mol. The average molecular weight is 1070 g/mol. The van der Waals surface area contributed by atoms with Crippen LogP contribution in [0.3, 0.4) is 0 Å². The molecular weight excluding hydrogens is 1000 g/mol. The number of carboxylic acids is 1. The van der Waals surface area contributed by atoms with Crippen molar-refractivity contribution in [2.45, 2.75) is 81.7 Å². The van der Waals surface area contributed by atoms with E-state index in [2.05, 4.69) is 70.8 Å². The van der Waals surface area contributed by atoms with Crippen molar-refractivity contribution in [2.24, 2.45) is 22.2 Å².